The fraction of sp³-hybridized carbons (Fsp3) is 0.417. The Labute approximate surface area is 200 Å². The number of anilines is 1. The maximum absolute atomic E-state index is 13.6. The fourth-order valence-electron chi connectivity index (χ4n) is 4.02. The second kappa shape index (κ2) is 10.1. The zero-order valence-electron chi connectivity index (χ0n) is 19.9. The number of amides is 2. The summed E-state index contributed by atoms with van der Waals surface area (Å²) < 4.78 is 40.8. The minimum absolute atomic E-state index is 0.00826. The lowest BCUT2D eigenvalue weighted by molar-refractivity contribution is -0.409. The lowest BCUT2D eigenvalue weighted by Crippen LogP contribution is -2.71. The molecule has 1 saturated heterocycles. The molecule has 3 N–H and O–H groups in total. The van der Waals surface area contributed by atoms with Crippen LogP contribution in [0.25, 0.3) is 0 Å². The van der Waals surface area contributed by atoms with Crippen LogP contribution in [0.3, 0.4) is 0 Å². The molecule has 0 aliphatic carbocycles. The van der Waals surface area contributed by atoms with E-state index in [9.17, 15) is 22.4 Å². The fourth-order valence-corrected chi connectivity index (χ4v) is 5.21. The molecule has 0 aromatic heterocycles. The highest BCUT2D eigenvalue weighted by molar-refractivity contribution is 7.92. The van der Waals surface area contributed by atoms with Crippen LogP contribution < -0.4 is 10.0 Å². The lowest BCUT2D eigenvalue weighted by Gasteiger charge is -2.27. The van der Waals surface area contributed by atoms with Crippen LogP contribution in [0, 0.1) is 6.92 Å². The Balaban J connectivity index is 1.88. The lowest BCUT2D eigenvalue weighted by atomic mass is 9.89. The Morgan fingerprint density at radius 2 is 1.65 bits per heavy atom. The predicted molar refractivity (Wildman–Crippen MR) is 127 cm³/mol. The quantitative estimate of drug-likeness (QED) is 0.628. The number of nitrogens with zero attached hydrogens (tertiary/aromatic N) is 3. The second-order valence-corrected chi connectivity index (χ2v) is 10.8. The smallest absolute Gasteiger partial charge is 0.282 e. The van der Waals surface area contributed by atoms with Crippen LogP contribution in [0.4, 0.5) is 10.1 Å². The number of benzene rings is 2. The van der Waals surface area contributed by atoms with Crippen LogP contribution in [0.2, 0.25) is 0 Å². The molecule has 1 aliphatic heterocycles. The first-order chi connectivity index (χ1) is 15.9. The van der Waals surface area contributed by atoms with E-state index in [1.807, 2.05) is 6.92 Å². The van der Waals surface area contributed by atoms with E-state index in [1.165, 1.54) is 21.2 Å². The van der Waals surface area contributed by atoms with Crippen molar-refractivity contribution in [3.05, 3.63) is 59.7 Å². The Morgan fingerprint density at radius 3 is 2.15 bits per heavy atom. The van der Waals surface area contributed by atoms with E-state index < -0.39 is 28.2 Å². The summed E-state index contributed by atoms with van der Waals surface area (Å²) in [6.07, 6.45) is -0.786. The molecule has 184 valence electrons. The third-order valence-corrected chi connectivity index (χ3v) is 7.96. The van der Waals surface area contributed by atoms with Gasteiger partial charge < -0.3 is 15.5 Å². The van der Waals surface area contributed by atoms with E-state index in [2.05, 4.69) is 5.73 Å². The average Bonchev–Trinajstić information content (AvgIpc) is 3.25. The Kier molecular flexibility index (Phi) is 7.62. The number of hydrogen-bond acceptors (Lipinski definition) is 4. The summed E-state index contributed by atoms with van der Waals surface area (Å²) in [7, 11) is 0.878. The molecule has 1 fully saturated rings. The largest absolute Gasteiger partial charge is 0.348 e. The van der Waals surface area contributed by atoms with Gasteiger partial charge in [-0.3, -0.25) is 13.9 Å². The molecule has 34 heavy (non-hydrogen) atoms. The third kappa shape index (κ3) is 5.23. The van der Waals surface area contributed by atoms with Crippen molar-refractivity contribution in [2.75, 3.05) is 38.5 Å². The van der Waals surface area contributed by atoms with Crippen molar-refractivity contribution in [2.24, 2.45) is 0 Å². The van der Waals surface area contributed by atoms with Crippen LogP contribution in [-0.4, -0.2) is 76.5 Å². The molecule has 2 amide bonds. The number of carbonyl (C=O) groups is 2. The van der Waals surface area contributed by atoms with Gasteiger partial charge in [-0.25, -0.2) is 12.8 Å². The molecule has 2 aromatic carbocycles. The summed E-state index contributed by atoms with van der Waals surface area (Å²) in [6.45, 7) is 2.19. The molecule has 2 aromatic rings. The average molecular weight is 492 g/mol. The molecule has 8 nitrogen and oxygen atoms in total. The summed E-state index contributed by atoms with van der Waals surface area (Å²) in [5.41, 5.74) is 5.86. The number of halogens is 1. The van der Waals surface area contributed by atoms with E-state index in [4.69, 9.17) is 0 Å². The molecule has 0 bridgehead atoms. The molecule has 1 heterocycles. The SMILES string of the molecule is Cc1ccc(S(=O)(=O)N(C)c2ccc([C@H](C(=O)N(C)C)[C@H]([NH3+])C(=O)N3CC[C@H](F)C3)cc2)cc1. The second-order valence-electron chi connectivity index (χ2n) is 8.86. The number of rotatable bonds is 7. The van der Waals surface area contributed by atoms with Gasteiger partial charge in [0, 0.05) is 27.7 Å². The van der Waals surface area contributed by atoms with Crippen LogP contribution in [0.15, 0.2) is 53.4 Å². The molecule has 0 saturated carbocycles. The van der Waals surface area contributed by atoms with Crippen LogP contribution >= 0.6 is 0 Å². The highest BCUT2D eigenvalue weighted by Crippen LogP contribution is 2.28. The molecule has 0 spiro atoms. The molecule has 0 unspecified atom stereocenters. The number of likely N-dealkylation sites (tertiary alicyclic amines) is 1. The number of aryl methyl sites for hydroxylation is 1. The topological polar surface area (TPSA) is 106 Å². The normalized spacial score (nSPS) is 17.8. The van der Waals surface area contributed by atoms with E-state index in [0.29, 0.717) is 17.8 Å². The Bertz CT molecular complexity index is 1140. The summed E-state index contributed by atoms with van der Waals surface area (Å²) in [6, 6.07) is 12.1. The summed E-state index contributed by atoms with van der Waals surface area (Å²) >= 11 is 0. The highest BCUT2D eigenvalue weighted by atomic mass is 32.2. The van der Waals surface area contributed by atoms with Gasteiger partial charge in [0.25, 0.3) is 15.9 Å². The molecule has 3 rings (SSSR count). The number of carbonyl (C=O) groups excluding carboxylic acids is 2. The van der Waals surface area contributed by atoms with Crippen molar-refractivity contribution in [1.82, 2.24) is 9.80 Å². The van der Waals surface area contributed by atoms with Gasteiger partial charge in [0.15, 0.2) is 6.04 Å². The van der Waals surface area contributed by atoms with E-state index >= 15 is 0 Å². The maximum atomic E-state index is 13.6. The van der Waals surface area contributed by atoms with Crippen molar-refractivity contribution in [3.63, 3.8) is 0 Å². The Morgan fingerprint density at radius 1 is 1.06 bits per heavy atom. The van der Waals surface area contributed by atoms with Gasteiger partial charge in [0.05, 0.1) is 17.1 Å². The molecule has 3 atom stereocenters. The number of sulfonamides is 1. The van der Waals surface area contributed by atoms with Gasteiger partial charge in [-0.15, -0.1) is 0 Å². The van der Waals surface area contributed by atoms with Crippen molar-refractivity contribution in [1.29, 1.82) is 0 Å². The van der Waals surface area contributed by atoms with Gasteiger partial charge in [-0.1, -0.05) is 29.8 Å². The predicted octanol–water partition coefficient (Wildman–Crippen LogP) is 1.17. The van der Waals surface area contributed by atoms with E-state index in [0.717, 1.165) is 5.56 Å². The number of quaternary nitrogens is 1. The van der Waals surface area contributed by atoms with E-state index in [1.54, 1.807) is 62.6 Å². The molecule has 10 heteroatoms. The van der Waals surface area contributed by atoms with Gasteiger partial charge >= 0.3 is 0 Å². The molecular weight excluding hydrogens is 459 g/mol. The van der Waals surface area contributed by atoms with Gasteiger partial charge in [0.2, 0.25) is 5.91 Å². The highest BCUT2D eigenvalue weighted by Gasteiger charge is 2.40. The maximum Gasteiger partial charge on any atom is 0.282 e. The van der Waals surface area contributed by atoms with Gasteiger partial charge in [0.1, 0.15) is 12.1 Å². The van der Waals surface area contributed by atoms with Crippen molar-refractivity contribution in [3.8, 4) is 0 Å². The van der Waals surface area contributed by atoms with Crippen LogP contribution in [-0.2, 0) is 19.6 Å². The summed E-state index contributed by atoms with van der Waals surface area (Å²) in [5.74, 6) is -1.56. The molecule has 0 radical (unpaired) electrons. The summed E-state index contributed by atoms with van der Waals surface area (Å²) in [4.78, 5) is 28.9. The molecule has 1 aliphatic rings. The van der Waals surface area contributed by atoms with Crippen molar-refractivity contribution < 1.29 is 28.1 Å². The number of likely N-dealkylation sites (N-methyl/N-ethyl adjacent to an activating group) is 1. The van der Waals surface area contributed by atoms with Crippen LogP contribution in [0.5, 0.6) is 0 Å². The zero-order chi connectivity index (χ0) is 25.2. The number of alkyl halides is 1. The van der Waals surface area contributed by atoms with Crippen LogP contribution in [0.1, 0.15) is 23.5 Å². The number of hydrogen-bond donors (Lipinski definition) is 1. The van der Waals surface area contributed by atoms with Gasteiger partial charge in [-0.05, 0) is 43.2 Å². The third-order valence-electron chi connectivity index (χ3n) is 6.16. The Hall–Kier alpha value is -2.98. The standard InChI is InChI=1S/C24H31FN4O4S/c1-16-5-11-20(12-6-16)34(32,33)28(4)19-9-7-17(8-10-19)21(23(30)27(2)3)22(26)24(31)29-14-13-18(25)15-29/h5-12,18,21-22H,13-15,26H2,1-4H3/p+1/t18-,21-,22-/m0/s1. The first-order valence-corrected chi connectivity index (χ1v) is 12.5. The zero-order valence-corrected chi connectivity index (χ0v) is 20.8. The minimum Gasteiger partial charge on any atom is -0.348 e. The van der Waals surface area contributed by atoms with Gasteiger partial charge in [-0.2, -0.15) is 0 Å². The van der Waals surface area contributed by atoms with E-state index in [-0.39, 0.29) is 29.7 Å². The minimum atomic E-state index is -3.77. The first kappa shape index (κ1) is 25.6. The molecular formula is C24H32FN4O4S+. The monoisotopic (exact) mass is 491 g/mol. The summed E-state index contributed by atoms with van der Waals surface area (Å²) in [5, 5.41) is 0. The first-order valence-electron chi connectivity index (χ1n) is 11.1. The van der Waals surface area contributed by atoms with Crippen molar-refractivity contribution in [2.45, 2.75) is 36.4 Å². The van der Waals surface area contributed by atoms with Crippen molar-refractivity contribution >= 4 is 27.5 Å².